The minimum atomic E-state index is 0.154. The van der Waals surface area contributed by atoms with Crippen molar-refractivity contribution in [3.63, 3.8) is 0 Å². The highest BCUT2D eigenvalue weighted by Crippen LogP contribution is 2.11. The lowest BCUT2D eigenvalue weighted by molar-refractivity contribution is -0.111. The van der Waals surface area contributed by atoms with Gasteiger partial charge >= 0.3 is 0 Å². The van der Waals surface area contributed by atoms with Crippen molar-refractivity contribution in [1.82, 2.24) is 0 Å². The number of hydrogen-bond acceptors (Lipinski definition) is 1. The van der Waals surface area contributed by atoms with E-state index >= 15 is 0 Å². The average molecular weight is 241 g/mol. The first-order valence-electron chi connectivity index (χ1n) is 4.42. The maximum absolute atomic E-state index is 10.7. The van der Waals surface area contributed by atoms with Crippen LogP contribution in [-0.4, -0.2) is 11.6 Å². The third-order valence-corrected chi connectivity index (χ3v) is 2.47. The molecule has 0 heterocycles. The van der Waals surface area contributed by atoms with E-state index in [1.54, 1.807) is 0 Å². The van der Waals surface area contributed by atoms with Crippen molar-refractivity contribution in [2.24, 2.45) is 5.92 Å². The third-order valence-electron chi connectivity index (χ3n) is 2.01. The van der Waals surface area contributed by atoms with E-state index in [-0.39, 0.29) is 5.92 Å². The SMILES string of the molecule is O=CC(CCBr)Cc1ccccc1. The van der Waals surface area contributed by atoms with E-state index in [9.17, 15) is 4.79 Å². The predicted octanol–water partition coefficient (Wildman–Crippen LogP) is 2.83. The maximum Gasteiger partial charge on any atom is 0.123 e. The first kappa shape index (κ1) is 10.5. The quantitative estimate of drug-likeness (QED) is 0.572. The van der Waals surface area contributed by atoms with Crippen LogP contribution < -0.4 is 0 Å². The van der Waals surface area contributed by atoms with Gasteiger partial charge in [-0.15, -0.1) is 0 Å². The molecule has 0 bridgehead atoms. The Labute approximate surface area is 87.3 Å². The fraction of sp³-hybridized carbons (Fsp3) is 0.364. The summed E-state index contributed by atoms with van der Waals surface area (Å²) < 4.78 is 0. The molecule has 1 unspecified atom stereocenters. The van der Waals surface area contributed by atoms with E-state index in [1.165, 1.54) is 5.56 Å². The molecule has 0 radical (unpaired) electrons. The van der Waals surface area contributed by atoms with Gasteiger partial charge in [0.05, 0.1) is 0 Å². The minimum Gasteiger partial charge on any atom is -0.303 e. The molecule has 1 atom stereocenters. The van der Waals surface area contributed by atoms with E-state index < -0.39 is 0 Å². The van der Waals surface area contributed by atoms with Crippen LogP contribution in [0, 0.1) is 5.92 Å². The summed E-state index contributed by atoms with van der Waals surface area (Å²) in [6, 6.07) is 10.1. The summed E-state index contributed by atoms with van der Waals surface area (Å²) in [6.07, 6.45) is 2.82. The van der Waals surface area contributed by atoms with Crippen molar-refractivity contribution < 1.29 is 4.79 Å². The topological polar surface area (TPSA) is 17.1 Å². The summed E-state index contributed by atoms with van der Waals surface area (Å²) in [5, 5.41) is 0.892. The monoisotopic (exact) mass is 240 g/mol. The van der Waals surface area contributed by atoms with E-state index in [1.807, 2.05) is 18.2 Å². The molecule has 0 saturated heterocycles. The van der Waals surface area contributed by atoms with Crippen LogP contribution in [0.5, 0.6) is 0 Å². The maximum atomic E-state index is 10.7. The Morgan fingerprint density at radius 1 is 1.31 bits per heavy atom. The summed E-state index contributed by atoms with van der Waals surface area (Å²) in [7, 11) is 0. The van der Waals surface area contributed by atoms with Crippen LogP contribution in [0.3, 0.4) is 0 Å². The van der Waals surface area contributed by atoms with Gasteiger partial charge in [-0.05, 0) is 18.4 Å². The van der Waals surface area contributed by atoms with Crippen molar-refractivity contribution in [2.45, 2.75) is 12.8 Å². The Morgan fingerprint density at radius 3 is 2.54 bits per heavy atom. The normalized spacial score (nSPS) is 12.4. The molecule has 0 N–H and O–H groups in total. The fourth-order valence-electron chi connectivity index (χ4n) is 1.28. The van der Waals surface area contributed by atoms with Crippen molar-refractivity contribution in [3.8, 4) is 0 Å². The smallest absolute Gasteiger partial charge is 0.123 e. The van der Waals surface area contributed by atoms with E-state index in [0.29, 0.717) is 0 Å². The molecule has 0 aromatic heterocycles. The number of aldehydes is 1. The number of alkyl halides is 1. The second-order valence-corrected chi connectivity index (χ2v) is 3.86. The van der Waals surface area contributed by atoms with Crippen molar-refractivity contribution >= 4 is 22.2 Å². The Morgan fingerprint density at radius 2 is 2.00 bits per heavy atom. The van der Waals surface area contributed by atoms with E-state index in [4.69, 9.17) is 0 Å². The summed E-state index contributed by atoms with van der Waals surface area (Å²) in [4.78, 5) is 10.7. The molecule has 0 fully saturated rings. The number of benzene rings is 1. The van der Waals surface area contributed by atoms with Crippen LogP contribution in [0.4, 0.5) is 0 Å². The van der Waals surface area contributed by atoms with Crippen molar-refractivity contribution in [3.05, 3.63) is 35.9 Å². The standard InChI is InChI=1S/C11H13BrO/c12-7-6-11(9-13)8-10-4-2-1-3-5-10/h1-5,9,11H,6-8H2. The molecule has 1 rings (SSSR count). The minimum absolute atomic E-state index is 0.154. The molecule has 0 saturated carbocycles. The second-order valence-electron chi connectivity index (χ2n) is 3.06. The van der Waals surface area contributed by atoms with E-state index in [2.05, 4.69) is 28.1 Å². The van der Waals surface area contributed by atoms with Gasteiger partial charge in [-0.2, -0.15) is 0 Å². The Balaban J connectivity index is 2.51. The average Bonchev–Trinajstić information content (AvgIpc) is 2.19. The molecule has 2 heteroatoms. The van der Waals surface area contributed by atoms with Gasteiger partial charge in [0.25, 0.3) is 0 Å². The molecule has 0 aliphatic rings. The van der Waals surface area contributed by atoms with Crippen LogP contribution in [0.2, 0.25) is 0 Å². The lowest BCUT2D eigenvalue weighted by Crippen LogP contribution is -2.06. The first-order chi connectivity index (χ1) is 6.36. The van der Waals surface area contributed by atoms with Gasteiger partial charge in [0, 0.05) is 11.2 Å². The second kappa shape index (κ2) is 5.92. The van der Waals surface area contributed by atoms with Crippen LogP contribution in [0.15, 0.2) is 30.3 Å². The molecule has 0 aliphatic carbocycles. The van der Waals surface area contributed by atoms with E-state index in [0.717, 1.165) is 24.5 Å². The van der Waals surface area contributed by atoms with Gasteiger partial charge in [0.2, 0.25) is 0 Å². The molecular weight excluding hydrogens is 228 g/mol. The van der Waals surface area contributed by atoms with Gasteiger partial charge in [0.1, 0.15) is 6.29 Å². The largest absolute Gasteiger partial charge is 0.303 e. The van der Waals surface area contributed by atoms with Crippen LogP contribution in [0.1, 0.15) is 12.0 Å². The zero-order valence-electron chi connectivity index (χ0n) is 7.45. The van der Waals surface area contributed by atoms with Crippen LogP contribution in [0.25, 0.3) is 0 Å². The lowest BCUT2D eigenvalue weighted by atomic mass is 9.99. The molecule has 1 nitrogen and oxygen atoms in total. The third kappa shape index (κ3) is 3.73. The van der Waals surface area contributed by atoms with Crippen LogP contribution >= 0.6 is 15.9 Å². The van der Waals surface area contributed by atoms with Crippen LogP contribution in [-0.2, 0) is 11.2 Å². The molecular formula is C11H13BrO. The van der Waals surface area contributed by atoms with Gasteiger partial charge in [0.15, 0.2) is 0 Å². The number of carbonyl (C=O) groups is 1. The number of halogens is 1. The zero-order valence-corrected chi connectivity index (χ0v) is 9.03. The highest BCUT2D eigenvalue weighted by Gasteiger charge is 2.06. The van der Waals surface area contributed by atoms with Crippen molar-refractivity contribution in [1.29, 1.82) is 0 Å². The molecule has 70 valence electrons. The number of hydrogen-bond donors (Lipinski definition) is 0. The predicted molar refractivity (Wildman–Crippen MR) is 58.1 cm³/mol. The molecule has 0 aliphatic heterocycles. The Bertz CT molecular complexity index is 246. The number of rotatable bonds is 5. The first-order valence-corrected chi connectivity index (χ1v) is 5.54. The Kier molecular flexibility index (Phi) is 4.76. The summed E-state index contributed by atoms with van der Waals surface area (Å²) in [6.45, 7) is 0. The van der Waals surface area contributed by atoms with Gasteiger partial charge in [-0.1, -0.05) is 46.3 Å². The summed E-state index contributed by atoms with van der Waals surface area (Å²) >= 11 is 3.35. The molecule has 0 amide bonds. The molecule has 13 heavy (non-hydrogen) atoms. The Hall–Kier alpha value is -0.630. The highest BCUT2D eigenvalue weighted by molar-refractivity contribution is 9.09. The van der Waals surface area contributed by atoms with Gasteiger partial charge in [-0.25, -0.2) is 0 Å². The lowest BCUT2D eigenvalue weighted by Gasteiger charge is -2.07. The van der Waals surface area contributed by atoms with Crippen molar-refractivity contribution in [2.75, 3.05) is 5.33 Å². The molecule has 1 aromatic rings. The summed E-state index contributed by atoms with van der Waals surface area (Å²) in [5.41, 5.74) is 1.24. The summed E-state index contributed by atoms with van der Waals surface area (Å²) in [5.74, 6) is 0.154. The van der Waals surface area contributed by atoms with Gasteiger partial charge in [-0.3, -0.25) is 0 Å². The molecule has 1 aromatic carbocycles. The molecule has 0 spiro atoms. The zero-order chi connectivity index (χ0) is 9.52. The highest BCUT2D eigenvalue weighted by atomic mass is 79.9. The fourth-order valence-corrected chi connectivity index (χ4v) is 1.86. The van der Waals surface area contributed by atoms with Gasteiger partial charge < -0.3 is 4.79 Å². The number of carbonyl (C=O) groups excluding carboxylic acids is 1.